The maximum Gasteiger partial charge on any atom is 0.184 e. The summed E-state index contributed by atoms with van der Waals surface area (Å²) in [5.74, 6) is 0. The number of nitrogens with one attached hydrogen (secondary N) is 1. The summed E-state index contributed by atoms with van der Waals surface area (Å²) in [6.07, 6.45) is 1.57. The molecule has 14 heavy (non-hydrogen) atoms. The number of nitrogens with zero attached hydrogens (tertiary/aromatic N) is 1. The first kappa shape index (κ1) is 10.9. The van der Waals surface area contributed by atoms with Gasteiger partial charge in [0, 0.05) is 10.6 Å². The molecule has 0 spiro atoms. The molecule has 1 rings (SSSR count). The molecule has 3 nitrogen and oxygen atoms in total. The van der Waals surface area contributed by atoms with Gasteiger partial charge in [0.05, 0.1) is 6.21 Å². The molecule has 0 saturated heterocycles. The van der Waals surface area contributed by atoms with E-state index in [1.165, 1.54) is 0 Å². The maximum absolute atomic E-state index is 5.96. The first-order valence-electron chi connectivity index (χ1n) is 3.94. The van der Waals surface area contributed by atoms with E-state index < -0.39 is 0 Å². The zero-order chi connectivity index (χ0) is 10.6. The second kappa shape index (κ2) is 4.93. The Hall–Kier alpha value is -1.13. The average Bonchev–Trinajstić information content (AvgIpc) is 2.08. The predicted molar refractivity (Wildman–Crippen MR) is 63.7 cm³/mol. The third-order valence-electron chi connectivity index (χ3n) is 1.53. The fraction of sp³-hybridized carbons (Fsp3) is 0.111. The van der Waals surface area contributed by atoms with Gasteiger partial charge in [-0.05, 0) is 30.8 Å². The number of hydrogen-bond acceptors (Lipinski definition) is 2. The molecule has 0 heterocycles. The van der Waals surface area contributed by atoms with Crippen LogP contribution in [0.2, 0.25) is 5.02 Å². The lowest BCUT2D eigenvalue weighted by atomic mass is 10.2. The number of hydrogen-bond donors (Lipinski definition) is 2. The van der Waals surface area contributed by atoms with E-state index in [1.54, 1.807) is 6.21 Å². The van der Waals surface area contributed by atoms with Gasteiger partial charge in [0.2, 0.25) is 0 Å². The molecule has 0 fully saturated rings. The Kier molecular flexibility index (Phi) is 3.85. The number of thiocarbonyl (C=S) groups is 1. The normalized spacial score (nSPS) is 10.4. The van der Waals surface area contributed by atoms with E-state index in [0.29, 0.717) is 5.02 Å². The lowest BCUT2D eigenvalue weighted by molar-refractivity contribution is 1.04. The fourth-order valence-corrected chi connectivity index (χ4v) is 1.24. The molecular weight excluding hydrogens is 218 g/mol. The Balaban J connectivity index is 2.76. The van der Waals surface area contributed by atoms with Gasteiger partial charge in [-0.3, -0.25) is 5.43 Å². The van der Waals surface area contributed by atoms with Gasteiger partial charge in [-0.15, -0.1) is 0 Å². The lowest BCUT2D eigenvalue weighted by Gasteiger charge is -1.99. The Bertz CT molecular complexity index is 376. The zero-order valence-corrected chi connectivity index (χ0v) is 9.19. The third-order valence-corrected chi connectivity index (χ3v) is 1.95. The summed E-state index contributed by atoms with van der Waals surface area (Å²) in [5.41, 5.74) is 9.57. The van der Waals surface area contributed by atoms with Crippen LogP contribution in [-0.4, -0.2) is 11.3 Å². The first-order valence-corrected chi connectivity index (χ1v) is 4.73. The van der Waals surface area contributed by atoms with Crippen molar-refractivity contribution in [1.29, 1.82) is 0 Å². The van der Waals surface area contributed by atoms with Crippen molar-refractivity contribution in [3.05, 3.63) is 34.3 Å². The van der Waals surface area contributed by atoms with E-state index in [1.807, 2.05) is 25.1 Å². The molecule has 0 radical (unpaired) electrons. The van der Waals surface area contributed by atoms with Crippen LogP contribution in [0.1, 0.15) is 11.1 Å². The lowest BCUT2D eigenvalue weighted by Crippen LogP contribution is -2.24. The highest BCUT2D eigenvalue weighted by Crippen LogP contribution is 2.15. The fourth-order valence-electron chi connectivity index (χ4n) is 0.902. The van der Waals surface area contributed by atoms with Crippen molar-refractivity contribution in [2.24, 2.45) is 10.8 Å². The van der Waals surface area contributed by atoms with Crippen LogP contribution in [0.3, 0.4) is 0 Å². The number of aryl methyl sites for hydroxylation is 1. The van der Waals surface area contributed by atoms with Crippen molar-refractivity contribution >= 4 is 35.1 Å². The SMILES string of the molecule is Cc1ccc(C=NNC(N)=S)c(Cl)c1. The molecule has 0 aliphatic carbocycles. The van der Waals surface area contributed by atoms with Crippen molar-refractivity contribution < 1.29 is 0 Å². The smallest absolute Gasteiger partial charge is 0.184 e. The molecule has 5 heteroatoms. The molecule has 0 unspecified atom stereocenters. The van der Waals surface area contributed by atoms with Crippen LogP contribution in [0.4, 0.5) is 0 Å². The third kappa shape index (κ3) is 3.32. The van der Waals surface area contributed by atoms with E-state index in [0.717, 1.165) is 11.1 Å². The van der Waals surface area contributed by atoms with Gasteiger partial charge in [-0.25, -0.2) is 0 Å². The molecule has 0 aliphatic heterocycles. The number of halogens is 1. The van der Waals surface area contributed by atoms with Gasteiger partial charge < -0.3 is 5.73 Å². The summed E-state index contributed by atoms with van der Waals surface area (Å²) >= 11 is 10.5. The number of benzene rings is 1. The first-order chi connectivity index (χ1) is 6.59. The van der Waals surface area contributed by atoms with E-state index in [9.17, 15) is 0 Å². The van der Waals surface area contributed by atoms with Crippen LogP contribution in [0, 0.1) is 6.92 Å². The molecule has 0 bridgehead atoms. The van der Waals surface area contributed by atoms with E-state index in [2.05, 4.69) is 22.7 Å². The van der Waals surface area contributed by atoms with E-state index in [4.69, 9.17) is 17.3 Å². The largest absolute Gasteiger partial charge is 0.375 e. The minimum Gasteiger partial charge on any atom is -0.375 e. The zero-order valence-electron chi connectivity index (χ0n) is 7.62. The molecule has 3 N–H and O–H groups in total. The maximum atomic E-state index is 5.96. The Morgan fingerprint density at radius 3 is 2.93 bits per heavy atom. The average molecular weight is 228 g/mol. The van der Waals surface area contributed by atoms with Gasteiger partial charge in [0.1, 0.15) is 0 Å². The minimum atomic E-state index is 0.129. The number of rotatable bonds is 2. The standard InChI is InChI=1S/C9H10ClN3S/c1-6-2-3-7(8(10)4-6)5-12-13-9(11)14/h2-5H,1H3,(H3,11,13,14). The summed E-state index contributed by atoms with van der Waals surface area (Å²) in [4.78, 5) is 0. The molecule has 1 aromatic carbocycles. The predicted octanol–water partition coefficient (Wildman–Crippen LogP) is 1.82. The Morgan fingerprint density at radius 1 is 1.64 bits per heavy atom. The molecule has 1 aromatic rings. The second-order valence-corrected chi connectivity index (χ2v) is 3.61. The number of nitrogens with two attached hydrogens (primary N) is 1. The van der Waals surface area contributed by atoms with E-state index in [-0.39, 0.29) is 5.11 Å². The molecule has 0 atom stereocenters. The highest BCUT2D eigenvalue weighted by molar-refractivity contribution is 7.80. The summed E-state index contributed by atoms with van der Waals surface area (Å²) in [5, 5.41) is 4.59. The quantitative estimate of drug-likeness (QED) is 0.460. The monoisotopic (exact) mass is 227 g/mol. The highest BCUT2D eigenvalue weighted by atomic mass is 35.5. The van der Waals surface area contributed by atoms with Gasteiger partial charge in [-0.2, -0.15) is 5.10 Å². The van der Waals surface area contributed by atoms with Crippen molar-refractivity contribution in [1.82, 2.24) is 5.43 Å². The van der Waals surface area contributed by atoms with Crippen LogP contribution in [-0.2, 0) is 0 Å². The van der Waals surface area contributed by atoms with Gasteiger partial charge >= 0.3 is 0 Å². The molecule has 0 amide bonds. The molecule has 0 saturated carbocycles. The van der Waals surface area contributed by atoms with Gasteiger partial charge in [0.25, 0.3) is 0 Å². The van der Waals surface area contributed by atoms with Crippen molar-refractivity contribution in [2.45, 2.75) is 6.92 Å². The van der Waals surface area contributed by atoms with Crippen LogP contribution >= 0.6 is 23.8 Å². The molecule has 0 aliphatic rings. The van der Waals surface area contributed by atoms with Gasteiger partial charge in [-0.1, -0.05) is 23.7 Å². The number of hydrazone groups is 1. The Morgan fingerprint density at radius 2 is 2.36 bits per heavy atom. The minimum absolute atomic E-state index is 0.129. The summed E-state index contributed by atoms with van der Waals surface area (Å²) < 4.78 is 0. The summed E-state index contributed by atoms with van der Waals surface area (Å²) in [6.45, 7) is 1.97. The molecular formula is C9H10ClN3S. The van der Waals surface area contributed by atoms with E-state index >= 15 is 0 Å². The second-order valence-electron chi connectivity index (χ2n) is 2.76. The van der Waals surface area contributed by atoms with Crippen molar-refractivity contribution in [3.63, 3.8) is 0 Å². The summed E-state index contributed by atoms with van der Waals surface area (Å²) in [7, 11) is 0. The Labute approximate surface area is 92.9 Å². The van der Waals surface area contributed by atoms with Crippen LogP contribution in [0.25, 0.3) is 0 Å². The van der Waals surface area contributed by atoms with Crippen LogP contribution < -0.4 is 11.2 Å². The van der Waals surface area contributed by atoms with Crippen LogP contribution in [0.15, 0.2) is 23.3 Å². The summed E-state index contributed by atoms with van der Waals surface area (Å²) in [6, 6.07) is 5.69. The topological polar surface area (TPSA) is 50.4 Å². The highest BCUT2D eigenvalue weighted by Gasteiger charge is 1.96. The van der Waals surface area contributed by atoms with Crippen molar-refractivity contribution in [3.8, 4) is 0 Å². The van der Waals surface area contributed by atoms with Crippen molar-refractivity contribution in [2.75, 3.05) is 0 Å². The molecule has 74 valence electrons. The van der Waals surface area contributed by atoms with Crippen LogP contribution in [0.5, 0.6) is 0 Å². The van der Waals surface area contributed by atoms with Gasteiger partial charge in [0.15, 0.2) is 5.11 Å². The molecule has 0 aromatic heterocycles.